The van der Waals surface area contributed by atoms with Crippen LogP contribution in [0.3, 0.4) is 0 Å². The molecular formula is C22H25N3O. The van der Waals surface area contributed by atoms with Gasteiger partial charge in [0.25, 0.3) is 0 Å². The predicted molar refractivity (Wildman–Crippen MR) is 107 cm³/mol. The maximum absolute atomic E-state index is 10.3. The molecule has 1 aliphatic rings. The SMILES string of the molecule is CCCN(CC1CC1)c1nc(-c2ccccc2O)nc2cc(C)ccc12. The highest BCUT2D eigenvalue weighted by Gasteiger charge is 2.26. The number of fused-ring (bicyclic) bond motifs is 1. The molecule has 0 bridgehead atoms. The number of rotatable bonds is 6. The number of nitrogens with zero attached hydrogens (tertiary/aromatic N) is 3. The first kappa shape index (κ1) is 16.8. The Morgan fingerprint density at radius 1 is 1.12 bits per heavy atom. The molecule has 134 valence electrons. The van der Waals surface area contributed by atoms with E-state index in [1.807, 2.05) is 18.2 Å². The van der Waals surface area contributed by atoms with Gasteiger partial charge in [0.05, 0.1) is 11.1 Å². The van der Waals surface area contributed by atoms with Crippen molar-refractivity contribution in [3.05, 3.63) is 48.0 Å². The van der Waals surface area contributed by atoms with Crippen LogP contribution in [0.15, 0.2) is 42.5 Å². The van der Waals surface area contributed by atoms with Crippen molar-refractivity contribution in [3.63, 3.8) is 0 Å². The number of phenols is 1. The van der Waals surface area contributed by atoms with Gasteiger partial charge in [0.2, 0.25) is 0 Å². The highest BCUT2D eigenvalue weighted by Crippen LogP contribution is 2.35. The number of phenolic OH excluding ortho intramolecular Hbond substituents is 1. The lowest BCUT2D eigenvalue weighted by Gasteiger charge is -2.25. The highest BCUT2D eigenvalue weighted by molar-refractivity contribution is 5.91. The molecule has 1 N–H and O–H groups in total. The van der Waals surface area contributed by atoms with Gasteiger partial charge in [-0.15, -0.1) is 0 Å². The Balaban J connectivity index is 1.90. The van der Waals surface area contributed by atoms with Gasteiger partial charge < -0.3 is 10.0 Å². The van der Waals surface area contributed by atoms with Crippen LogP contribution in [-0.2, 0) is 0 Å². The van der Waals surface area contributed by atoms with E-state index in [0.717, 1.165) is 42.1 Å². The van der Waals surface area contributed by atoms with Gasteiger partial charge in [0.15, 0.2) is 5.82 Å². The minimum absolute atomic E-state index is 0.217. The molecule has 1 heterocycles. The zero-order valence-corrected chi connectivity index (χ0v) is 15.4. The summed E-state index contributed by atoms with van der Waals surface area (Å²) >= 11 is 0. The molecule has 0 radical (unpaired) electrons. The second kappa shape index (κ2) is 6.94. The number of benzene rings is 2. The van der Waals surface area contributed by atoms with Crippen molar-refractivity contribution < 1.29 is 5.11 Å². The molecular weight excluding hydrogens is 322 g/mol. The highest BCUT2D eigenvalue weighted by atomic mass is 16.3. The van der Waals surface area contributed by atoms with Crippen LogP contribution in [-0.4, -0.2) is 28.2 Å². The lowest BCUT2D eigenvalue weighted by Crippen LogP contribution is -2.28. The van der Waals surface area contributed by atoms with E-state index in [1.54, 1.807) is 6.07 Å². The van der Waals surface area contributed by atoms with Gasteiger partial charge in [-0.3, -0.25) is 0 Å². The largest absolute Gasteiger partial charge is 0.507 e. The summed E-state index contributed by atoms with van der Waals surface area (Å²) in [4.78, 5) is 12.1. The number of hydrogen-bond donors (Lipinski definition) is 1. The maximum Gasteiger partial charge on any atom is 0.165 e. The number of anilines is 1. The van der Waals surface area contributed by atoms with Crippen molar-refractivity contribution in [1.29, 1.82) is 0 Å². The lowest BCUT2D eigenvalue weighted by molar-refractivity contribution is 0.477. The molecule has 1 aliphatic carbocycles. The normalized spacial score (nSPS) is 13.9. The van der Waals surface area contributed by atoms with Crippen molar-refractivity contribution in [2.45, 2.75) is 33.1 Å². The average Bonchev–Trinajstić information content (AvgIpc) is 3.44. The molecule has 4 rings (SSSR count). The van der Waals surface area contributed by atoms with E-state index in [4.69, 9.17) is 9.97 Å². The molecule has 0 spiro atoms. The molecule has 1 fully saturated rings. The topological polar surface area (TPSA) is 49.2 Å². The summed E-state index contributed by atoms with van der Waals surface area (Å²) in [6, 6.07) is 13.6. The molecule has 1 aromatic heterocycles. The van der Waals surface area contributed by atoms with Crippen LogP contribution in [0, 0.1) is 12.8 Å². The van der Waals surface area contributed by atoms with Crippen molar-refractivity contribution in [3.8, 4) is 17.1 Å². The Bertz CT molecular complexity index is 934. The predicted octanol–water partition coefficient (Wildman–Crippen LogP) is 4.94. The minimum atomic E-state index is 0.217. The van der Waals surface area contributed by atoms with E-state index in [0.29, 0.717) is 11.4 Å². The van der Waals surface area contributed by atoms with Crippen molar-refractivity contribution in [1.82, 2.24) is 9.97 Å². The van der Waals surface area contributed by atoms with Crippen LogP contribution < -0.4 is 4.90 Å². The molecule has 26 heavy (non-hydrogen) atoms. The van der Waals surface area contributed by atoms with E-state index in [1.165, 1.54) is 18.4 Å². The van der Waals surface area contributed by atoms with E-state index >= 15 is 0 Å². The second-order valence-electron chi connectivity index (χ2n) is 7.30. The first-order chi connectivity index (χ1) is 12.7. The molecule has 0 saturated heterocycles. The smallest absolute Gasteiger partial charge is 0.165 e. The maximum atomic E-state index is 10.3. The van der Waals surface area contributed by atoms with Gasteiger partial charge >= 0.3 is 0 Å². The fraction of sp³-hybridized carbons (Fsp3) is 0.364. The standard InChI is InChI=1S/C22H25N3O/c1-3-12-25(14-16-9-10-16)22-17-11-8-15(2)13-19(17)23-21(24-22)18-6-4-5-7-20(18)26/h4-8,11,13,16,26H,3,9-10,12,14H2,1-2H3. The molecule has 0 atom stereocenters. The monoisotopic (exact) mass is 347 g/mol. The van der Waals surface area contributed by atoms with Crippen molar-refractivity contribution >= 4 is 16.7 Å². The van der Waals surface area contributed by atoms with E-state index in [-0.39, 0.29) is 5.75 Å². The Hall–Kier alpha value is -2.62. The fourth-order valence-corrected chi connectivity index (χ4v) is 3.41. The molecule has 0 aliphatic heterocycles. The summed E-state index contributed by atoms with van der Waals surface area (Å²) in [6.45, 7) is 6.32. The Kier molecular flexibility index (Phi) is 4.49. The summed E-state index contributed by atoms with van der Waals surface area (Å²) in [6.07, 6.45) is 3.71. The fourth-order valence-electron chi connectivity index (χ4n) is 3.41. The zero-order chi connectivity index (χ0) is 18.1. The summed E-state index contributed by atoms with van der Waals surface area (Å²) in [7, 11) is 0. The average molecular weight is 347 g/mol. The lowest BCUT2D eigenvalue weighted by atomic mass is 10.1. The number of aromatic hydroxyl groups is 1. The van der Waals surface area contributed by atoms with Crippen LogP contribution in [0.4, 0.5) is 5.82 Å². The zero-order valence-electron chi connectivity index (χ0n) is 15.4. The summed E-state index contributed by atoms with van der Waals surface area (Å²) in [5.41, 5.74) is 2.79. The Labute approximate surface area is 154 Å². The van der Waals surface area contributed by atoms with Crippen LogP contribution in [0.1, 0.15) is 31.7 Å². The van der Waals surface area contributed by atoms with Gasteiger partial charge in [-0.1, -0.05) is 25.1 Å². The first-order valence-electron chi connectivity index (χ1n) is 9.47. The number of aromatic nitrogens is 2. The van der Waals surface area contributed by atoms with E-state index in [2.05, 4.69) is 36.9 Å². The third-order valence-corrected chi connectivity index (χ3v) is 4.95. The van der Waals surface area contributed by atoms with Crippen LogP contribution in [0.25, 0.3) is 22.3 Å². The van der Waals surface area contributed by atoms with Gasteiger partial charge in [0.1, 0.15) is 11.6 Å². The quantitative estimate of drug-likeness (QED) is 0.686. The van der Waals surface area contributed by atoms with Crippen LogP contribution >= 0.6 is 0 Å². The molecule has 1 saturated carbocycles. The van der Waals surface area contributed by atoms with E-state index < -0.39 is 0 Å². The Morgan fingerprint density at radius 2 is 1.92 bits per heavy atom. The molecule has 0 amide bonds. The second-order valence-corrected chi connectivity index (χ2v) is 7.30. The van der Waals surface area contributed by atoms with Crippen molar-refractivity contribution in [2.75, 3.05) is 18.0 Å². The molecule has 3 aromatic rings. The van der Waals surface area contributed by atoms with Gasteiger partial charge in [-0.05, 0) is 61.9 Å². The first-order valence-corrected chi connectivity index (χ1v) is 9.47. The summed E-state index contributed by atoms with van der Waals surface area (Å²) < 4.78 is 0. The minimum Gasteiger partial charge on any atom is -0.507 e. The third kappa shape index (κ3) is 3.36. The van der Waals surface area contributed by atoms with E-state index in [9.17, 15) is 5.11 Å². The molecule has 2 aromatic carbocycles. The molecule has 4 heteroatoms. The van der Waals surface area contributed by atoms with Crippen molar-refractivity contribution in [2.24, 2.45) is 5.92 Å². The summed E-state index contributed by atoms with van der Waals surface area (Å²) in [5, 5.41) is 11.4. The van der Waals surface area contributed by atoms with Gasteiger partial charge in [-0.25, -0.2) is 9.97 Å². The molecule has 4 nitrogen and oxygen atoms in total. The number of para-hydroxylation sites is 1. The number of aryl methyl sites for hydroxylation is 1. The summed E-state index contributed by atoms with van der Waals surface area (Å²) in [5.74, 6) is 2.58. The number of hydrogen-bond acceptors (Lipinski definition) is 4. The van der Waals surface area contributed by atoms with Gasteiger partial charge in [-0.2, -0.15) is 0 Å². The van der Waals surface area contributed by atoms with Crippen LogP contribution in [0.5, 0.6) is 5.75 Å². The van der Waals surface area contributed by atoms with Crippen LogP contribution in [0.2, 0.25) is 0 Å². The third-order valence-electron chi connectivity index (χ3n) is 4.95. The molecule has 0 unspecified atom stereocenters. The Morgan fingerprint density at radius 3 is 2.65 bits per heavy atom. The van der Waals surface area contributed by atoms with Gasteiger partial charge in [0, 0.05) is 18.5 Å².